The Kier molecular flexibility index (Phi) is 3.87. The van der Waals surface area contributed by atoms with E-state index in [1.54, 1.807) is 17.7 Å². The average Bonchev–Trinajstić information content (AvgIpc) is 3.00. The number of thiophene rings is 1. The van der Waals surface area contributed by atoms with Crippen molar-refractivity contribution in [1.82, 2.24) is 9.97 Å². The number of hydrogen-bond acceptors (Lipinski definition) is 6. The monoisotopic (exact) mass is 293 g/mol. The lowest BCUT2D eigenvalue weighted by atomic mass is 10.1. The van der Waals surface area contributed by atoms with Crippen LogP contribution in [-0.4, -0.2) is 47.0 Å². The first kappa shape index (κ1) is 13.7. The number of hydrogen-bond donors (Lipinski definition) is 1. The number of aliphatic hydroxyl groups excluding tert-OH is 1. The number of rotatable bonds is 4. The molecule has 0 aromatic carbocycles. The maximum atomic E-state index is 9.40. The zero-order valence-corrected chi connectivity index (χ0v) is 12.6. The van der Waals surface area contributed by atoms with Crippen LogP contribution in [0.3, 0.4) is 0 Å². The molecule has 3 heterocycles. The molecule has 108 valence electrons. The molecular formula is C14H19N3O2S. The Bertz CT molecular complexity index is 601. The molecule has 1 saturated heterocycles. The minimum absolute atomic E-state index is 0.109. The highest BCUT2D eigenvalue weighted by Crippen LogP contribution is 2.32. The van der Waals surface area contributed by atoms with E-state index in [1.807, 2.05) is 0 Å². The summed E-state index contributed by atoms with van der Waals surface area (Å²) in [5, 5.41) is 10.5. The Morgan fingerprint density at radius 3 is 3.05 bits per heavy atom. The van der Waals surface area contributed by atoms with Crippen LogP contribution < -0.4 is 4.90 Å². The number of ether oxygens (including phenoxy) is 1. The molecule has 0 bridgehead atoms. The van der Waals surface area contributed by atoms with E-state index in [2.05, 4.69) is 34.8 Å². The van der Waals surface area contributed by atoms with Crippen LogP contribution in [0.5, 0.6) is 0 Å². The molecule has 1 fully saturated rings. The maximum absolute atomic E-state index is 9.40. The van der Waals surface area contributed by atoms with Crippen LogP contribution in [0, 0.1) is 6.92 Å². The molecule has 1 N–H and O–H groups in total. The summed E-state index contributed by atoms with van der Waals surface area (Å²) < 4.78 is 5.67. The van der Waals surface area contributed by atoms with Gasteiger partial charge in [0, 0.05) is 18.0 Å². The van der Waals surface area contributed by atoms with Crippen molar-refractivity contribution in [2.45, 2.75) is 32.4 Å². The fraction of sp³-hybridized carbons (Fsp3) is 0.571. The zero-order chi connectivity index (χ0) is 14.1. The fourth-order valence-corrected chi connectivity index (χ4v) is 3.70. The van der Waals surface area contributed by atoms with E-state index in [9.17, 15) is 5.11 Å². The van der Waals surface area contributed by atoms with Crippen LogP contribution in [0.1, 0.15) is 18.2 Å². The smallest absolute Gasteiger partial charge is 0.141 e. The number of aryl methyl sites for hydroxylation is 1. The van der Waals surface area contributed by atoms with E-state index in [1.165, 1.54) is 4.88 Å². The Balaban J connectivity index is 2.04. The molecule has 1 aliphatic rings. The lowest BCUT2D eigenvalue weighted by Gasteiger charge is -2.31. The van der Waals surface area contributed by atoms with Gasteiger partial charge in [-0.05, 0) is 26.3 Å². The standard InChI is InChI=1S/C14H19N3O2S/c1-9-7-11-13(15-8-16-14(11)20-9)17(4-5-18)12-3-6-19-10(12)2/h7-8,10,12,18H,3-6H2,1-2H3/t10-,12-/m1/s1. The van der Waals surface area contributed by atoms with Crippen LogP contribution in [-0.2, 0) is 4.74 Å². The highest BCUT2D eigenvalue weighted by atomic mass is 32.1. The van der Waals surface area contributed by atoms with Gasteiger partial charge in [0.2, 0.25) is 0 Å². The minimum Gasteiger partial charge on any atom is -0.395 e. The molecule has 6 heteroatoms. The van der Waals surface area contributed by atoms with Crippen molar-refractivity contribution in [3.63, 3.8) is 0 Å². The number of aromatic nitrogens is 2. The predicted molar refractivity (Wildman–Crippen MR) is 80.4 cm³/mol. The molecule has 0 saturated carbocycles. The second-order valence-electron chi connectivity index (χ2n) is 5.12. The largest absolute Gasteiger partial charge is 0.395 e. The summed E-state index contributed by atoms with van der Waals surface area (Å²) in [6.45, 7) is 5.61. The highest BCUT2D eigenvalue weighted by molar-refractivity contribution is 7.18. The number of anilines is 1. The molecule has 2 aromatic heterocycles. The molecule has 0 spiro atoms. The molecule has 2 aromatic rings. The van der Waals surface area contributed by atoms with Gasteiger partial charge >= 0.3 is 0 Å². The molecule has 0 radical (unpaired) electrons. The van der Waals surface area contributed by atoms with Gasteiger partial charge in [0.25, 0.3) is 0 Å². The fourth-order valence-electron chi connectivity index (χ4n) is 2.86. The number of nitrogens with zero attached hydrogens (tertiary/aromatic N) is 3. The Morgan fingerprint density at radius 2 is 2.35 bits per heavy atom. The van der Waals surface area contributed by atoms with Crippen molar-refractivity contribution < 1.29 is 9.84 Å². The van der Waals surface area contributed by atoms with Gasteiger partial charge < -0.3 is 14.7 Å². The van der Waals surface area contributed by atoms with E-state index in [0.717, 1.165) is 29.1 Å². The first-order valence-electron chi connectivity index (χ1n) is 6.91. The maximum Gasteiger partial charge on any atom is 0.141 e. The molecule has 0 amide bonds. The van der Waals surface area contributed by atoms with Crippen molar-refractivity contribution >= 4 is 27.4 Å². The number of fused-ring (bicyclic) bond motifs is 1. The highest BCUT2D eigenvalue weighted by Gasteiger charge is 2.31. The third-order valence-corrected chi connectivity index (χ3v) is 4.74. The lowest BCUT2D eigenvalue weighted by Crippen LogP contribution is -2.42. The van der Waals surface area contributed by atoms with E-state index < -0.39 is 0 Å². The Labute approximate surface area is 122 Å². The SMILES string of the molecule is Cc1cc2c(N(CCO)[C@@H]3CCO[C@@H]3C)ncnc2s1. The summed E-state index contributed by atoms with van der Waals surface area (Å²) in [5.41, 5.74) is 0. The lowest BCUT2D eigenvalue weighted by molar-refractivity contribution is 0.117. The van der Waals surface area contributed by atoms with Crippen LogP contribution in [0.15, 0.2) is 12.4 Å². The van der Waals surface area contributed by atoms with E-state index >= 15 is 0 Å². The first-order valence-corrected chi connectivity index (χ1v) is 7.72. The van der Waals surface area contributed by atoms with Gasteiger partial charge in [-0.1, -0.05) is 0 Å². The molecule has 5 nitrogen and oxygen atoms in total. The van der Waals surface area contributed by atoms with Gasteiger partial charge in [0.1, 0.15) is 17.0 Å². The van der Waals surface area contributed by atoms with Gasteiger partial charge in [-0.2, -0.15) is 0 Å². The van der Waals surface area contributed by atoms with Crippen molar-refractivity contribution in [2.75, 3.05) is 24.7 Å². The summed E-state index contributed by atoms with van der Waals surface area (Å²) in [4.78, 5) is 13.2. The second kappa shape index (κ2) is 5.63. The topological polar surface area (TPSA) is 58.5 Å². The van der Waals surface area contributed by atoms with Crippen molar-refractivity contribution in [3.8, 4) is 0 Å². The third-order valence-electron chi connectivity index (χ3n) is 3.78. The summed E-state index contributed by atoms with van der Waals surface area (Å²) in [5.74, 6) is 0.913. The van der Waals surface area contributed by atoms with Crippen LogP contribution >= 0.6 is 11.3 Å². The minimum atomic E-state index is 0.109. The van der Waals surface area contributed by atoms with Gasteiger partial charge in [0.05, 0.1) is 24.1 Å². The second-order valence-corrected chi connectivity index (χ2v) is 6.36. The van der Waals surface area contributed by atoms with E-state index in [0.29, 0.717) is 6.54 Å². The van der Waals surface area contributed by atoms with E-state index in [4.69, 9.17) is 4.74 Å². The summed E-state index contributed by atoms with van der Waals surface area (Å²) in [6, 6.07) is 2.39. The van der Waals surface area contributed by atoms with Gasteiger partial charge in [-0.15, -0.1) is 11.3 Å². The van der Waals surface area contributed by atoms with Gasteiger partial charge in [-0.25, -0.2) is 9.97 Å². The van der Waals surface area contributed by atoms with Crippen LogP contribution in [0.4, 0.5) is 5.82 Å². The normalized spacial score (nSPS) is 22.6. The van der Waals surface area contributed by atoms with Crippen LogP contribution in [0.25, 0.3) is 10.2 Å². The van der Waals surface area contributed by atoms with Crippen LogP contribution in [0.2, 0.25) is 0 Å². The molecule has 1 aliphatic heterocycles. The molecule has 20 heavy (non-hydrogen) atoms. The van der Waals surface area contributed by atoms with Crippen molar-refractivity contribution in [2.24, 2.45) is 0 Å². The molecule has 2 atom stereocenters. The van der Waals surface area contributed by atoms with Crippen molar-refractivity contribution in [1.29, 1.82) is 0 Å². The molecule has 0 aliphatic carbocycles. The molecule has 3 rings (SSSR count). The third kappa shape index (κ3) is 2.39. The molecular weight excluding hydrogens is 274 g/mol. The summed E-state index contributed by atoms with van der Waals surface area (Å²) >= 11 is 1.67. The number of aliphatic hydroxyl groups is 1. The van der Waals surface area contributed by atoms with Gasteiger partial charge in [-0.3, -0.25) is 0 Å². The Hall–Kier alpha value is -1.24. The average molecular weight is 293 g/mol. The van der Waals surface area contributed by atoms with Crippen molar-refractivity contribution in [3.05, 3.63) is 17.3 Å². The first-order chi connectivity index (χ1) is 9.70. The summed E-state index contributed by atoms with van der Waals surface area (Å²) in [6.07, 6.45) is 2.74. The quantitative estimate of drug-likeness (QED) is 0.934. The molecule has 0 unspecified atom stereocenters. The Morgan fingerprint density at radius 1 is 1.50 bits per heavy atom. The van der Waals surface area contributed by atoms with Gasteiger partial charge in [0.15, 0.2) is 0 Å². The summed E-state index contributed by atoms with van der Waals surface area (Å²) in [7, 11) is 0. The predicted octanol–water partition coefficient (Wildman–Crippen LogP) is 1.98. The zero-order valence-electron chi connectivity index (χ0n) is 11.7. The van der Waals surface area contributed by atoms with E-state index in [-0.39, 0.29) is 18.8 Å².